The summed E-state index contributed by atoms with van der Waals surface area (Å²) in [6, 6.07) is 9.81. The first kappa shape index (κ1) is 16.7. The topological polar surface area (TPSA) is 41.6 Å². The van der Waals surface area contributed by atoms with Crippen molar-refractivity contribution in [1.82, 2.24) is 10.2 Å². The maximum Gasteiger partial charge on any atom is 0.244 e. The van der Waals surface area contributed by atoms with Crippen molar-refractivity contribution in [2.24, 2.45) is 0 Å². The molecule has 5 heteroatoms. The summed E-state index contributed by atoms with van der Waals surface area (Å²) in [6.45, 7) is 5.06. The SMILES string of the molecule is O=C(/C=C/c1ccccc1)NCCN1CCOCC1.[Cl-]. The van der Waals surface area contributed by atoms with Gasteiger partial charge in [0.25, 0.3) is 0 Å². The van der Waals surface area contributed by atoms with Crippen LogP contribution in [0.5, 0.6) is 0 Å². The maximum atomic E-state index is 11.6. The summed E-state index contributed by atoms with van der Waals surface area (Å²) in [6.07, 6.45) is 3.40. The zero-order valence-electron chi connectivity index (χ0n) is 11.4. The zero-order chi connectivity index (χ0) is 13.3. The molecule has 1 aliphatic rings. The third kappa shape index (κ3) is 6.19. The number of hydrogen-bond donors (Lipinski definition) is 1. The van der Waals surface area contributed by atoms with Crippen LogP contribution in [0.2, 0.25) is 0 Å². The van der Waals surface area contributed by atoms with Crippen LogP contribution in [0.25, 0.3) is 6.08 Å². The summed E-state index contributed by atoms with van der Waals surface area (Å²) in [5, 5.41) is 2.89. The van der Waals surface area contributed by atoms with Crippen molar-refractivity contribution < 1.29 is 21.9 Å². The van der Waals surface area contributed by atoms with Crippen LogP contribution >= 0.6 is 0 Å². The number of nitrogens with zero attached hydrogens (tertiary/aromatic N) is 1. The van der Waals surface area contributed by atoms with E-state index in [1.807, 2.05) is 36.4 Å². The standard InChI is InChI=1S/C15H20N2O2.ClH/c18-15(7-6-14-4-2-1-3-5-14)16-8-9-17-10-12-19-13-11-17;/h1-7H,8-13H2,(H,16,18);1H/p-1/b7-6+;. The highest BCUT2D eigenvalue weighted by molar-refractivity contribution is 5.91. The highest BCUT2D eigenvalue weighted by Crippen LogP contribution is 2.00. The highest BCUT2D eigenvalue weighted by Gasteiger charge is 2.09. The number of hydrogen-bond acceptors (Lipinski definition) is 3. The van der Waals surface area contributed by atoms with Crippen molar-refractivity contribution in [2.45, 2.75) is 0 Å². The molecule has 0 saturated carbocycles. The molecule has 1 saturated heterocycles. The molecule has 0 bridgehead atoms. The third-order valence-corrected chi connectivity index (χ3v) is 3.06. The van der Waals surface area contributed by atoms with Crippen LogP contribution in [-0.2, 0) is 9.53 Å². The van der Waals surface area contributed by atoms with Crippen LogP contribution in [0.15, 0.2) is 36.4 Å². The Hall–Kier alpha value is -1.36. The van der Waals surface area contributed by atoms with Crippen LogP contribution in [0.1, 0.15) is 5.56 Å². The predicted molar refractivity (Wildman–Crippen MR) is 75.7 cm³/mol. The quantitative estimate of drug-likeness (QED) is 0.649. The molecule has 0 aromatic heterocycles. The van der Waals surface area contributed by atoms with Gasteiger partial charge in [0.2, 0.25) is 5.91 Å². The molecule has 1 aromatic rings. The van der Waals surface area contributed by atoms with E-state index in [1.54, 1.807) is 6.08 Å². The first-order chi connectivity index (χ1) is 9.34. The number of benzene rings is 1. The Morgan fingerprint density at radius 1 is 1.25 bits per heavy atom. The lowest BCUT2D eigenvalue weighted by Crippen LogP contribution is -3.00. The fourth-order valence-electron chi connectivity index (χ4n) is 1.96. The van der Waals surface area contributed by atoms with Gasteiger partial charge in [-0.1, -0.05) is 30.3 Å². The molecule has 4 nitrogen and oxygen atoms in total. The minimum atomic E-state index is -0.0443. The van der Waals surface area contributed by atoms with Crippen LogP contribution in [-0.4, -0.2) is 50.2 Å². The van der Waals surface area contributed by atoms with Crippen molar-refractivity contribution in [3.63, 3.8) is 0 Å². The number of morpholine rings is 1. The normalized spacial score (nSPS) is 15.8. The molecular weight excluding hydrogens is 276 g/mol. The lowest BCUT2D eigenvalue weighted by molar-refractivity contribution is -0.116. The van der Waals surface area contributed by atoms with Gasteiger partial charge in [-0.3, -0.25) is 9.69 Å². The van der Waals surface area contributed by atoms with E-state index in [2.05, 4.69) is 10.2 Å². The lowest BCUT2D eigenvalue weighted by atomic mass is 10.2. The second-order valence-electron chi connectivity index (χ2n) is 4.49. The van der Waals surface area contributed by atoms with Gasteiger partial charge >= 0.3 is 0 Å². The number of ether oxygens (including phenoxy) is 1. The van der Waals surface area contributed by atoms with Crippen molar-refractivity contribution in [3.05, 3.63) is 42.0 Å². The number of nitrogens with one attached hydrogen (secondary N) is 1. The minimum absolute atomic E-state index is 0. The summed E-state index contributed by atoms with van der Waals surface area (Å²) >= 11 is 0. The third-order valence-electron chi connectivity index (χ3n) is 3.06. The Labute approximate surface area is 126 Å². The second kappa shape index (κ2) is 9.53. The number of carbonyl (C=O) groups excluding carboxylic acids is 1. The van der Waals surface area contributed by atoms with Gasteiger partial charge in [0.1, 0.15) is 0 Å². The van der Waals surface area contributed by atoms with Gasteiger partial charge in [-0.25, -0.2) is 0 Å². The molecule has 1 N–H and O–H groups in total. The van der Waals surface area contributed by atoms with E-state index in [1.165, 1.54) is 0 Å². The fourth-order valence-corrected chi connectivity index (χ4v) is 1.96. The van der Waals surface area contributed by atoms with E-state index in [0.29, 0.717) is 6.54 Å². The molecule has 1 heterocycles. The van der Waals surface area contributed by atoms with Gasteiger partial charge in [0.05, 0.1) is 13.2 Å². The first-order valence-electron chi connectivity index (χ1n) is 6.66. The van der Waals surface area contributed by atoms with E-state index in [9.17, 15) is 4.79 Å². The fraction of sp³-hybridized carbons (Fsp3) is 0.400. The monoisotopic (exact) mass is 295 g/mol. The zero-order valence-corrected chi connectivity index (χ0v) is 12.2. The van der Waals surface area contributed by atoms with Gasteiger partial charge in [0, 0.05) is 32.3 Å². The van der Waals surface area contributed by atoms with E-state index in [-0.39, 0.29) is 18.3 Å². The Morgan fingerprint density at radius 2 is 1.95 bits per heavy atom. The molecular formula is C15H20ClN2O2-. The lowest BCUT2D eigenvalue weighted by Gasteiger charge is -2.26. The highest BCUT2D eigenvalue weighted by atomic mass is 35.5. The van der Waals surface area contributed by atoms with Crippen LogP contribution in [0.4, 0.5) is 0 Å². The van der Waals surface area contributed by atoms with Gasteiger partial charge < -0.3 is 22.5 Å². The van der Waals surface area contributed by atoms with Crippen molar-refractivity contribution >= 4 is 12.0 Å². The molecule has 0 spiro atoms. The average molecular weight is 296 g/mol. The van der Waals surface area contributed by atoms with Crippen molar-refractivity contribution in [1.29, 1.82) is 0 Å². The Kier molecular flexibility index (Phi) is 7.95. The Bertz CT molecular complexity index is 417. The molecule has 1 amide bonds. The Morgan fingerprint density at radius 3 is 2.65 bits per heavy atom. The maximum absolute atomic E-state index is 11.6. The largest absolute Gasteiger partial charge is 1.00 e. The number of carbonyl (C=O) groups is 1. The van der Waals surface area contributed by atoms with Gasteiger partial charge in [0.15, 0.2) is 0 Å². The second-order valence-corrected chi connectivity index (χ2v) is 4.49. The van der Waals surface area contributed by atoms with Crippen molar-refractivity contribution in [3.8, 4) is 0 Å². The van der Waals surface area contributed by atoms with Crippen LogP contribution in [0.3, 0.4) is 0 Å². The summed E-state index contributed by atoms with van der Waals surface area (Å²) in [5.74, 6) is -0.0443. The number of halogens is 1. The van der Waals surface area contributed by atoms with Gasteiger partial charge in [-0.05, 0) is 11.6 Å². The Balaban J connectivity index is 0.00000200. The van der Waals surface area contributed by atoms with E-state index >= 15 is 0 Å². The summed E-state index contributed by atoms with van der Waals surface area (Å²) in [7, 11) is 0. The number of amides is 1. The molecule has 1 fully saturated rings. The van der Waals surface area contributed by atoms with Crippen molar-refractivity contribution in [2.75, 3.05) is 39.4 Å². The van der Waals surface area contributed by atoms with Gasteiger partial charge in [-0.2, -0.15) is 0 Å². The summed E-state index contributed by atoms with van der Waals surface area (Å²) in [4.78, 5) is 13.9. The average Bonchev–Trinajstić information content (AvgIpc) is 2.47. The first-order valence-corrected chi connectivity index (χ1v) is 6.66. The molecule has 0 atom stereocenters. The summed E-state index contributed by atoms with van der Waals surface area (Å²) in [5.41, 5.74) is 1.03. The van der Waals surface area contributed by atoms with E-state index in [0.717, 1.165) is 38.4 Å². The molecule has 0 radical (unpaired) electrons. The van der Waals surface area contributed by atoms with Crippen LogP contribution < -0.4 is 17.7 Å². The smallest absolute Gasteiger partial charge is 0.244 e. The molecule has 1 aliphatic heterocycles. The molecule has 1 aromatic carbocycles. The van der Waals surface area contributed by atoms with Gasteiger partial charge in [-0.15, -0.1) is 0 Å². The molecule has 2 rings (SSSR count). The minimum Gasteiger partial charge on any atom is -1.00 e. The number of rotatable bonds is 5. The molecule has 20 heavy (non-hydrogen) atoms. The molecule has 0 aliphatic carbocycles. The summed E-state index contributed by atoms with van der Waals surface area (Å²) < 4.78 is 5.27. The van der Waals surface area contributed by atoms with E-state index in [4.69, 9.17) is 4.74 Å². The van der Waals surface area contributed by atoms with Crippen LogP contribution in [0, 0.1) is 0 Å². The predicted octanol–water partition coefficient (Wildman–Crippen LogP) is -1.85. The van der Waals surface area contributed by atoms with E-state index < -0.39 is 0 Å². The molecule has 110 valence electrons. The molecule has 0 unspecified atom stereocenters.